The SMILES string of the molecule is CCOc1ccccc1NC(=O)C(C)(C)C(=O)NCCc1cccc(Cl)c1. The van der Waals surface area contributed by atoms with Gasteiger partial charge in [0.15, 0.2) is 0 Å². The van der Waals surface area contributed by atoms with Crippen LogP contribution < -0.4 is 15.4 Å². The third-order valence-electron chi connectivity index (χ3n) is 4.16. The fraction of sp³-hybridized carbons (Fsp3) is 0.333. The van der Waals surface area contributed by atoms with Crippen LogP contribution in [0.1, 0.15) is 26.3 Å². The molecule has 144 valence electrons. The second-order valence-electron chi connectivity index (χ2n) is 6.64. The number of benzene rings is 2. The number of para-hydroxylation sites is 2. The summed E-state index contributed by atoms with van der Waals surface area (Å²) < 4.78 is 5.51. The van der Waals surface area contributed by atoms with Gasteiger partial charge in [-0.25, -0.2) is 0 Å². The van der Waals surface area contributed by atoms with Crippen molar-refractivity contribution in [3.63, 3.8) is 0 Å². The number of carbonyl (C=O) groups is 2. The van der Waals surface area contributed by atoms with Gasteiger partial charge in [-0.15, -0.1) is 0 Å². The molecule has 0 heterocycles. The Morgan fingerprint density at radius 2 is 1.81 bits per heavy atom. The molecule has 0 saturated carbocycles. The van der Waals surface area contributed by atoms with E-state index in [4.69, 9.17) is 16.3 Å². The van der Waals surface area contributed by atoms with Crippen LogP contribution in [-0.2, 0) is 16.0 Å². The third kappa shape index (κ3) is 5.73. The number of amides is 2. The van der Waals surface area contributed by atoms with Crippen molar-refractivity contribution >= 4 is 29.1 Å². The Kier molecular flexibility index (Phi) is 7.25. The zero-order valence-electron chi connectivity index (χ0n) is 15.8. The highest BCUT2D eigenvalue weighted by atomic mass is 35.5. The molecule has 2 amide bonds. The molecule has 0 aliphatic carbocycles. The van der Waals surface area contributed by atoms with Gasteiger partial charge in [0.05, 0.1) is 12.3 Å². The highest BCUT2D eigenvalue weighted by molar-refractivity contribution is 6.30. The summed E-state index contributed by atoms with van der Waals surface area (Å²) in [6, 6.07) is 14.6. The van der Waals surface area contributed by atoms with Crippen molar-refractivity contribution in [1.29, 1.82) is 0 Å². The number of carbonyl (C=O) groups excluding carboxylic acids is 2. The van der Waals surface area contributed by atoms with Gasteiger partial charge in [0, 0.05) is 11.6 Å². The lowest BCUT2D eigenvalue weighted by Gasteiger charge is -2.23. The Bertz CT molecular complexity index is 806. The van der Waals surface area contributed by atoms with Crippen molar-refractivity contribution in [2.45, 2.75) is 27.2 Å². The van der Waals surface area contributed by atoms with Crippen LogP contribution in [0.2, 0.25) is 5.02 Å². The number of ether oxygens (including phenoxy) is 1. The molecule has 0 bridgehead atoms. The van der Waals surface area contributed by atoms with Gasteiger partial charge in [0.25, 0.3) is 0 Å². The average molecular weight is 389 g/mol. The van der Waals surface area contributed by atoms with Crippen molar-refractivity contribution in [2.75, 3.05) is 18.5 Å². The summed E-state index contributed by atoms with van der Waals surface area (Å²) in [6.07, 6.45) is 0.636. The molecule has 2 aromatic carbocycles. The Balaban J connectivity index is 1.95. The molecule has 0 aliphatic heterocycles. The lowest BCUT2D eigenvalue weighted by molar-refractivity contribution is -0.138. The van der Waals surface area contributed by atoms with Crippen molar-refractivity contribution in [1.82, 2.24) is 5.32 Å². The Labute approximate surface area is 165 Å². The van der Waals surface area contributed by atoms with Crippen LogP contribution >= 0.6 is 11.6 Å². The summed E-state index contributed by atoms with van der Waals surface area (Å²) in [5.41, 5.74) is 0.341. The van der Waals surface area contributed by atoms with Crippen LogP contribution in [0.15, 0.2) is 48.5 Å². The van der Waals surface area contributed by atoms with Crippen molar-refractivity contribution < 1.29 is 14.3 Å². The van der Waals surface area contributed by atoms with E-state index in [1.165, 1.54) is 0 Å². The number of rotatable bonds is 8. The summed E-state index contributed by atoms with van der Waals surface area (Å²) in [5, 5.41) is 6.27. The summed E-state index contributed by atoms with van der Waals surface area (Å²) in [6.45, 7) is 5.97. The predicted octanol–water partition coefficient (Wildman–Crippen LogP) is 4.06. The van der Waals surface area contributed by atoms with E-state index >= 15 is 0 Å². The molecule has 6 heteroatoms. The number of halogens is 1. The first kappa shape index (κ1) is 20.8. The molecule has 0 atom stereocenters. The number of anilines is 1. The van der Waals surface area contributed by atoms with Crippen LogP contribution in [0, 0.1) is 5.41 Å². The summed E-state index contributed by atoms with van der Waals surface area (Å²) in [5.74, 6) is -0.156. The Morgan fingerprint density at radius 1 is 1.07 bits per heavy atom. The second-order valence-corrected chi connectivity index (χ2v) is 7.08. The van der Waals surface area contributed by atoms with E-state index in [1.807, 2.05) is 31.2 Å². The van der Waals surface area contributed by atoms with E-state index < -0.39 is 11.3 Å². The number of nitrogens with one attached hydrogen (secondary N) is 2. The molecule has 2 N–H and O–H groups in total. The molecule has 27 heavy (non-hydrogen) atoms. The largest absolute Gasteiger partial charge is 0.492 e. The van der Waals surface area contributed by atoms with Gasteiger partial charge in [0.2, 0.25) is 11.8 Å². The molecule has 2 rings (SSSR count). The number of hydrogen-bond acceptors (Lipinski definition) is 3. The zero-order valence-corrected chi connectivity index (χ0v) is 16.6. The third-order valence-corrected chi connectivity index (χ3v) is 4.39. The summed E-state index contributed by atoms with van der Waals surface area (Å²) in [7, 11) is 0. The first-order chi connectivity index (χ1) is 12.8. The minimum absolute atomic E-state index is 0.337. The van der Waals surface area contributed by atoms with Gasteiger partial charge in [-0.3, -0.25) is 9.59 Å². The maximum Gasteiger partial charge on any atom is 0.239 e. The van der Waals surface area contributed by atoms with Crippen LogP contribution in [0.5, 0.6) is 5.75 Å². The van der Waals surface area contributed by atoms with Crippen molar-refractivity contribution in [3.8, 4) is 5.75 Å². The van der Waals surface area contributed by atoms with E-state index in [-0.39, 0.29) is 5.91 Å². The summed E-state index contributed by atoms with van der Waals surface area (Å²) >= 11 is 5.96. The highest BCUT2D eigenvalue weighted by Gasteiger charge is 2.36. The van der Waals surface area contributed by atoms with Crippen molar-refractivity contribution in [2.24, 2.45) is 5.41 Å². The van der Waals surface area contributed by atoms with Crippen LogP contribution in [0.3, 0.4) is 0 Å². The maximum atomic E-state index is 12.7. The van der Waals surface area contributed by atoms with Crippen molar-refractivity contribution in [3.05, 3.63) is 59.1 Å². The first-order valence-electron chi connectivity index (χ1n) is 8.90. The van der Waals surface area contributed by atoms with Crippen LogP contribution in [-0.4, -0.2) is 25.0 Å². The van der Waals surface area contributed by atoms with Crippen LogP contribution in [0.4, 0.5) is 5.69 Å². The summed E-state index contributed by atoms with van der Waals surface area (Å²) in [4.78, 5) is 25.2. The normalized spacial score (nSPS) is 11.0. The topological polar surface area (TPSA) is 67.4 Å². The quantitative estimate of drug-likeness (QED) is 0.670. The average Bonchev–Trinajstić information content (AvgIpc) is 2.63. The molecular weight excluding hydrogens is 364 g/mol. The van der Waals surface area contributed by atoms with E-state index in [0.29, 0.717) is 36.0 Å². The minimum atomic E-state index is -1.23. The van der Waals surface area contributed by atoms with Gasteiger partial charge < -0.3 is 15.4 Å². The number of hydrogen-bond donors (Lipinski definition) is 2. The van der Waals surface area contributed by atoms with Gasteiger partial charge in [0.1, 0.15) is 11.2 Å². The zero-order chi connectivity index (χ0) is 19.9. The minimum Gasteiger partial charge on any atom is -0.492 e. The fourth-order valence-corrected chi connectivity index (χ4v) is 2.68. The standard InChI is InChI=1S/C21H25ClN2O3/c1-4-27-18-11-6-5-10-17(18)24-20(26)21(2,3)19(25)23-13-12-15-8-7-9-16(22)14-15/h5-11,14H,4,12-13H2,1-3H3,(H,23,25)(H,24,26). The molecule has 0 unspecified atom stereocenters. The molecule has 0 radical (unpaired) electrons. The Hall–Kier alpha value is -2.53. The maximum absolute atomic E-state index is 12.7. The van der Waals surface area contributed by atoms with E-state index in [2.05, 4.69) is 10.6 Å². The molecule has 5 nitrogen and oxygen atoms in total. The van der Waals surface area contributed by atoms with Gasteiger partial charge >= 0.3 is 0 Å². The van der Waals surface area contributed by atoms with E-state index in [1.54, 1.807) is 38.1 Å². The molecule has 0 fully saturated rings. The van der Waals surface area contributed by atoms with Gasteiger partial charge in [-0.05, 0) is 57.0 Å². The van der Waals surface area contributed by atoms with Crippen LogP contribution in [0.25, 0.3) is 0 Å². The smallest absolute Gasteiger partial charge is 0.239 e. The lowest BCUT2D eigenvalue weighted by atomic mass is 9.90. The van der Waals surface area contributed by atoms with E-state index in [9.17, 15) is 9.59 Å². The predicted molar refractivity (Wildman–Crippen MR) is 108 cm³/mol. The molecule has 0 spiro atoms. The van der Waals surface area contributed by atoms with Gasteiger partial charge in [-0.1, -0.05) is 35.9 Å². The molecule has 0 aromatic heterocycles. The monoisotopic (exact) mass is 388 g/mol. The van der Waals surface area contributed by atoms with E-state index in [0.717, 1.165) is 5.56 Å². The van der Waals surface area contributed by atoms with Gasteiger partial charge in [-0.2, -0.15) is 0 Å². The Morgan fingerprint density at radius 3 is 2.52 bits per heavy atom. The fourth-order valence-electron chi connectivity index (χ4n) is 2.47. The molecular formula is C21H25ClN2O3. The second kappa shape index (κ2) is 9.42. The molecule has 2 aromatic rings. The molecule has 0 aliphatic rings. The highest BCUT2D eigenvalue weighted by Crippen LogP contribution is 2.26. The molecule has 0 saturated heterocycles. The lowest BCUT2D eigenvalue weighted by Crippen LogP contribution is -2.45. The first-order valence-corrected chi connectivity index (χ1v) is 9.28.